The van der Waals surface area contributed by atoms with Gasteiger partial charge in [-0.15, -0.1) is 0 Å². The van der Waals surface area contributed by atoms with Crippen LogP contribution in [0.15, 0.2) is 0 Å². The molecule has 0 radical (unpaired) electrons. The first-order valence-electron chi connectivity index (χ1n) is 5.25. The first kappa shape index (κ1) is 13.9. The van der Waals surface area contributed by atoms with Crippen LogP contribution in [0.2, 0.25) is 0 Å². The summed E-state index contributed by atoms with van der Waals surface area (Å²) >= 11 is 0. The molecular formula is C11H25NO2. The summed E-state index contributed by atoms with van der Waals surface area (Å²) in [6.07, 6.45) is 0.877. The molecular weight excluding hydrogens is 178 g/mol. The lowest BCUT2D eigenvalue weighted by molar-refractivity contribution is -0.0800. The van der Waals surface area contributed by atoms with E-state index in [-0.39, 0.29) is 11.2 Å². The summed E-state index contributed by atoms with van der Waals surface area (Å²) in [5.74, 6) is 0. The van der Waals surface area contributed by atoms with Crippen LogP contribution >= 0.6 is 0 Å². The standard InChI is InChI=1S/C11H25NO2/c1-10(2,3)13-8-9-14-11(4,5)6-7-12/h6-9,12H2,1-5H3. The maximum absolute atomic E-state index is 5.66. The van der Waals surface area contributed by atoms with Gasteiger partial charge in [0.1, 0.15) is 0 Å². The molecule has 0 saturated heterocycles. The Balaban J connectivity index is 3.54. The van der Waals surface area contributed by atoms with Crippen molar-refractivity contribution >= 4 is 0 Å². The highest BCUT2D eigenvalue weighted by atomic mass is 16.5. The molecule has 0 unspecified atom stereocenters. The summed E-state index contributed by atoms with van der Waals surface area (Å²) in [4.78, 5) is 0. The van der Waals surface area contributed by atoms with E-state index in [2.05, 4.69) is 13.8 Å². The Morgan fingerprint density at radius 2 is 1.43 bits per heavy atom. The fraction of sp³-hybridized carbons (Fsp3) is 1.00. The average Bonchev–Trinajstić information content (AvgIpc) is 1.96. The second-order valence-corrected chi connectivity index (χ2v) is 5.11. The Hall–Kier alpha value is -0.120. The topological polar surface area (TPSA) is 44.5 Å². The van der Waals surface area contributed by atoms with E-state index < -0.39 is 0 Å². The lowest BCUT2D eigenvalue weighted by atomic mass is 10.1. The molecule has 0 fully saturated rings. The Kier molecular flexibility index (Phi) is 5.64. The second kappa shape index (κ2) is 5.69. The van der Waals surface area contributed by atoms with Crippen molar-refractivity contribution in [3.05, 3.63) is 0 Å². The predicted octanol–water partition coefficient (Wildman–Crippen LogP) is 1.95. The highest BCUT2D eigenvalue weighted by Crippen LogP contribution is 2.13. The Morgan fingerprint density at radius 1 is 0.929 bits per heavy atom. The molecule has 0 aliphatic rings. The minimum Gasteiger partial charge on any atom is -0.373 e. The summed E-state index contributed by atoms with van der Waals surface area (Å²) in [7, 11) is 0. The van der Waals surface area contributed by atoms with Crippen molar-refractivity contribution < 1.29 is 9.47 Å². The number of nitrogens with two attached hydrogens (primary N) is 1. The van der Waals surface area contributed by atoms with Crippen LogP contribution in [-0.4, -0.2) is 31.0 Å². The van der Waals surface area contributed by atoms with E-state index in [1.807, 2.05) is 20.8 Å². The zero-order valence-corrected chi connectivity index (χ0v) is 10.2. The van der Waals surface area contributed by atoms with E-state index in [0.29, 0.717) is 19.8 Å². The van der Waals surface area contributed by atoms with E-state index in [1.165, 1.54) is 0 Å². The quantitative estimate of drug-likeness (QED) is 0.671. The molecule has 0 spiro atoms. The molecule has 0 heterocycles. The van der Waals surface area contributed by atoms with Gasteiger partial charge in [-0.05, 0) is 47.6 Å². The summed E-state index contributed by atoms with van der Waals surface area (Å²) < 4.78 is 11.2. The van der Waals surface area contributed by atoms with E-state index in [0.717, 1.165) is 6.42 Å². The van der Waals surface area contributed by atoms with E-state index in [1.54, 1.807) is 0 Å². The van der Waals surface area contributed by atoms with Gasteiger partial charge >= 0.3 is 0 Å². The normalized spacial score (nSPS) is 13.3. The van der Waals surface area contributed by atoms with Gasteiger partial charge in [0, 0.05) is 0 Å². The third kappa shape index (κ3) is 8.48. The number of rotatable bonds is 6. The van der Waals surface area contributed by atoms with Crippen LogP contribution in [0.25, 0.3) is 0 Å². The lowest BCUT2D eigenvalue weighted by Gasteiger charge is -2.26. The number of hydrogen-bond acceptors (Lipinski definition) is 3. The van der Waals surface area contributed by atoms with Crippen molar-refractivity contribution in [1.82, 2.24) is 0 Å². The Morgan fingerprint density at radius 3 is 1.86 bits per heavy atom. The molecule has 3 heteroatoms. The molecule has 86 valence electrons. The zero-order chi connectivity index (χ0) is 11.2. The number of ether oxygens (including phenoxy) is 2. The minimum atomic E-state index is -0.129. The third-order valence-corrected chi connectivity index (χ3v) is 1.86. The highest BCUT2D eigenvalue weighted by molar-refractivity contribution is 4.68. The van der Waals surface area contributed by atoms with Crippen molar-refractivity contribution in [2.24, 2.45) is 5.73 Å². The van der Waals surface area contributed by atoms with Crippen LogP contribution < -0.4 is 5.73 Å². The molecule has 0 atom stereocenters. The fourth-order valence-corrected chi connectivity index (χ4v) is 1.09. The van der Waals surface area contributed by atoms with Crippen molar-refractivity contribution in [1.29, 1.82) is 0 Å². The third-order valence-electron chi connectivity index (χ3n) is 1.86. The first-order chi connectivity index (χ1) is 6.27. The SMILES string of the molecule is CC(C)(C)OCCOC(C)(C)CCN. The monoisotopic (exact) mass is 203 g/mol. The van der Waals surface area contributed by atoms with Gasteiger partial charge in [0.05, 0.1) is 24.4 Å². The molecule has 14 heavy (non-hydrogen) atoms. The summed E-state index contributed by atoms with van der Waals surface area (Å²) in [5.41, 5.74) is 5.27. The molecule has 2 N–H and O–H groups in total. The van der Waals surface area contributed by atoms with Gasteiger partial charge in [0.2, 0.25) is 0 Å². The molecule has 0 aromatic heterocycles. The summed E-state index contributed by atoms with van der Waals surface area (Å²) in [6.45, 7) is 12.1. The van der Waals surface area contributed by atoms with Gasteiger partial charge in [0.25, 0.3) is 0 Å². The molecule has 0 amide bonds. The zero-order valence-electron chi connectivity index (χ0n) is 10.2. The molecule has 0 rings (SSSR count). The van der Waals surface area contributed by atoms with Crippen molar-refractivity contribution in [2.45, 2.75) is 52.2 Å². The van der Waals surface area contributed by atoms with Crippen molar-refractivity contribution in [3.63, 3.8) is 0 Å². The maximum Gasteiger partial charge on any atom is 0.0708 e. The van der Waals surface area contributed by atoms with Gasteiger partial charge < -0.3 is 15.2 Å². The lowest BCUT2D eigenvalue weighted by Crippen LogP contribution is -2.30. The smallest absolute Gasteiger partial charge is 0.0708 e. The number of hydrogen-bond donors (Lipinski definition) is 1. The van der Waals surface area contributed by atoms with Gasteiger partial charge in [-0.1, -0.05) is 0 Å². The summed E-state index contributed by atoms with van der Waals surface area (Å²) in [6, 6.07) is 0. The predicted molar refractivity (Wildman–Crippen MR) is 59.4 cm³/mol. The van der Waals surface area contributed by atoms with Crippen molar-refractivity contribution in [3.8, 4) is 0 Å². The average molecular weight is 203 g/mol. The van der Waals surface area contributed by atoms with E-state index >= 15 is 0 Å². The summed E-state index contributed by atoms with van der Waals surface area (Å²) in [5, 5.41) is 0. The van der Waals surface area contributed by atoms with Crippen LogP contribution in [0, 0.1) is 0 Å². The van der Waals surface area contributed by atoms with E-state index in [9.17, 15) is 0 Å². The van der Waals surface area contributed by atoms with Crippen LogP contribution in [0.5, 0.6) is 0 Å². The molecule has 0 aliphatic heterocycles. The Bertz CT molecular complexity index is 150. The van der Waals surface area contributed by atoms with Gasteiger partial charge in [-0.3, -0.25) is 0 Å². The van der Waals surface area contributed by atoms with Crippen LogP contribution in [0.4, 0.5) is 0 Å². The van der Waals surface area contributed by atoms with Gasteiger partial charge in [0.15, 0.2) is 0 Å². The minimum absolute atomic E-state index is 0.0820. The molecule has 3 nitrogen and oxygen atoms in total. The van der Waals surface area contributed by atoms with Crippen molar-refractivity contribution in [2.75, 3.05) is 19.8 Å². The van der Waals surface area contributed by atoms with Crippen LogP contribution in [-0.2, 0) is 9.47 Å². The second-order valence-electron chi connectivity index (χ2n) is 5.11. The first-order valence-corrected chi connectivity index (χ1v) is 5.25. The highest BCUT2D eigenvalue weighted by Gasteiger charge is 2.17. The van der Waals surface area contributed by atoms with E-state index in [4.69, 9.17) is 15.2 Å². The molecule has 0 bridgehead atoms. The molecule has 0 aliphatic carbocycles. The molecule has 0 aromatic rings. The molecule has 0 aromatic carbocycles. The van der Waals surface area contributed by atoms with Crippen LogP contribution in [0.1, 0.15) is 41.0 Å². The fourth-order valence-electron chi connectivity index (χ4n) is 1.09. The molecule has 0 saturated carbocycles. The van der Waals surface area contributed by atoms with Gasteiger partial charge in [-0.25, -0.2) is 0 Å². The maximum atomic E-state index is 5.66. The Labute approximate surface area is 88.0 Å². The van der Waals surface area contributed by atoms with Crippen LogP contribution in [0.3, 0.4) is 0 Å². The largest absolute Gasteiger partial charge is 0.373 e. The van der Waals surface area contributed by atoms with Gasteiger partial charge in [-0.2, -0.15) is 0 Å².